The van der Waals surface area contributed by atoms with Gasteiger partial charge in [0.15, 0.2) is 0 Å². The van der Waals surface area contributed by atoms with Crippen molar-refractivity contribution in [2.24, 2.45) is 0 Å². The molecule has 10 heteroatoms. The fourth-order valence-corrected chi connectivity index (χ4v) is 3.71. The Morgan fingerprint density at radius 2 is 1.10 bits per heavy atom. The van der Waals surface area contributed by atoms with Crippen LogP contribution in [-0.4, -0.2) is 16.8 Å². The molecule has 0 spiro atoms. The van der Waals surface area contributed by atoms with E-state index >= 15 is 0 Å². The lowest BCUT2D eigenvalue weighted by atomic mass is 15.9. The molecule has 64 valence electrons. The lowest BCUT2D eigenvalue weighted by Gasteiger charge is -1.76. The zero-order valence-corrected chi connectivity index (χ0v) is 9.11. The first-order valence-electron chi connectivity index (χ1n) is 1.45. The summed E-state index contributed by atoms with van der Waals surface area (Å²) in [5, 5.41) is 0. The SMILES string of the molecule is O=S(=O)(F)[PH2+]S(=O)(=O)F.[I-]. The molecule has 0 aromatic heterocycles. The summed E-state index contributed by atoms with van der Waals surface area (Å²) >= 11 is 0. The van der Waals surface area contributed by atoms with Crippen LogP contribution in [0.5, 0.6) is 0 Å². The minimum atomic E-state index is -5.16. The first-order chi connectivity index (χ1) is 3.71. The first-order valence-corrected chi connectivity index (χ1v) is 7.17. The second kappa shape index (κ2) is 4.07. The summed E-state index contributed by atoms with van der Waals surface area (Å²) in [7, 11) is -10.3. The van der Waals surface area contributed by atoms with Crippen LogP contribution in [0.4, 0.5) is 7.77 Å². The van der Waals surface area contributed by atoms with Gasteiger partial charge in [-0.05, 0) is 0 Å². The second-order valence-electron chi connectivity index (χ2n) is 1.05. The molecule has 0 rings (SSSR count). The van der Waals surface area contributed by atoms with E-state index in [-0.39, 0.29) is 24.0 Å². The molecule has 0 bridgehead atoms. The van der Waals surface area contributed by atoms with Gasteiger partial charge >= 0.3 is 19.7 Å². The maximum atomic E-state index is 11.3. The summed E-state index contributed by atoms with van der Waals surface area (Å²) in [5.41, 5.74) is 0. The van der Waals surface area contributed by atoms with Crippen molar-refractivity contribution >= 4 is 26.7 Å². The Kier molecular flexibility index (Phi) is 5.50. The summed E-state index contributed by atoms with van der Waals surface area (Å²) < 4.78 is 60.1. The van der Waals surface area contributed by atoms with Crippen LogP contribution in [0.15, 0.2) is 0 Å². The molecule has 0 aromatic carbocycles. The molecular weight excluding hydrogens is 324 g/mol. The molecule has 0 atom stereocenters. The number of halogens is 3. The van der Waals surface area contributed by atoms with Crippen molar-refractivity contribution in [3.05, 3.63) is 0 Å². The highest BCUT2D eigenvalue weighted by molar-refractivity contribution is 8.73. The van der Waals surface area contributed by atoms with Crippen molar-refractivity contribution in [3.8, 4) is 0 Å². The van der Waals surface area contributed by atoms with Crippen LogP contribution in [0, 0.1) is 0 Å². The van der Waals surface area contributed by atoms with Crippen molar-refractivity contribution in [3.63, 3.8) is 0 Å². The lowest BCUT2D eigenvalue weighted by Crippen LogP contribution is -3.00. The van der Waals surface area contributed by atoms with Crippen LogP contribution in [0.3, 0.4) is 0 Å². The number of hydrogen-bond acceptors (Lipinski definition) is 4. The molecule has 10 heavy (non-hydrogen) atoms. The zero-order chi connectivity index (χ0) is 7.71. The van der Waals surface area contributed by atoms with Gasteiger partial charge in [-0.1, -0.05) is 7.77 Å². The van der Waals surface area contributed by atoms with Crippen molar-refractivity contribution in [2.45, 2.75) is 0 Å². The monoisotopic (exact) mass is 326 g/mol. The quantitative estimate of drug-likeness (QED) is 0.305. The van der Waals surface area contributed by atoms with Gasteiger partial charge in [0.2, 0.25) is 0 Å². The van der Waals surface area contributed by atoms with Crippen molar-refractivity contribution in [1.82, 2.24) is 0 Å². The maximum absolute atomic E-state index is 11.3. The zero-order valence-electron chi connectivity index (χ0n) is 4.16. The highest BCUT2D eigenvalue weighted by Crippen LogP contribution is 2.30. The molecule has 0 saturated heterocycles. The van der Waals surface area contributed by atoms with E-state index in [4.69, 9.17) is 0 Å². The molecule has 0 heterocycles. The molecule has 0 amide bonds. The first kappa shape index (κ1) is 13.5. The molecule has 0 fully saturated rings. The van der Waals surface area contributed by atoms with Gasteiger partial charge in [-0.3, -0.25) is 0 Å². The van der Waals surface area contributed by atoms with Gasteiger partial charge in [0, 0.05) is 0 Å². The Morgan fingerprint density at radius 3 is 1.10 bits per heavy atom. The second-order valence-corrected chi connectivity index (χ2v) is 8.83. The smallest absolute Gasteiger partial charge is 0.433 e. The fraction of sp³-hybridized carbons (Fsp3) is 0. The minimum absolute atomic E-state index is 0. The third-order valence-corrected chi connectivity index (χ3v) is 6.21. The molecular formula is H2F2IO4PS2. The third-order valence-electron chi connectivity index (χ3n) is 0.230. The van der Waals surface area contributed by atoms with Crippen molar-refractivity contribution in [1.29, 1.82) is 0 Å². The third kappa shape index (κ3) is 11.7. The summed E-state index contributed by atoms with van der Waals surface area (Å²) in [6.07, 6.45) is 0. The molecule has 0 saturated carbocycles. The minimum Gasteiger partial charge on any atom is -1.00 e. The van der Waals surface area contributed by atoms with E-state index in [1.807, 2.05) is 0 Å². The van der Waals surface area contributed by atoms with E-state index < -0.39 is 26.7 Å². The molecule has 0 radical (unpaired) electrons. The standard InChI is InChI=1S/F2HO4PS2.HI/c1-8(3,4)7-9(2,5)6;/h7H;1H. The Bertz CT molecular complexity index is 246. The van der Waals surface area contributed by atoms with Crippen LogP contribution in [-0.2, 0) is 19.7 Å². The molecule has 4 nitrogen and oxygen atoms in total. The molecule has 0 N–H and O–H groups in total. The highest BCUT2D eigenvalue weighted by atomic mass is 127. The Hall–Kier alpha value is 0.920. The van der Waals surface area contributed by atoms with Crippen molar-refractivity contribution in [2.75, 3.05) is 0 Å². The van der Waals surface area contributed by atoms with Crippen LogP contribution in [0.1, 0.15) is 0 Å². The van der Waals surface area contributed by atoms with E-state index in [1.54, 1.807) is 0 Å². The Labute approximate surface area is 75.1 Å². The van der Waals surface area contributed by atoms with Crippen molar-refractivity contribution < 1.29 is 48.6 Å². The van der Waals surface area contributed by atoms with E-state index in [2.05, 4.69) is 0 Å². The normalized spacial score (nSPS) is 12.2. The van der Waals surface area contributed by atoms with E-state index in [1.165, 1.54) is 0 Å². The van der Waals surface area contributed by atoms with E-state index in [0.29, 0.717) is 0 Å². The van der Waals surface area contributed by atoms with Crippen LogP contribution < -0.4 is 24.0 Å². The average Bonchev–Trinajstić information content (AvgIpc) is 1.14. The topological polar surface area (TPSA) is 68.3 Å². The average molecular weight is 326 g/mol. The van der Waals surface area contributed by atoms with Gasteiger partial charge < -0.3 is 24.0 Å². The van der Waals surface area contributed by atoms with Crippen LogP contribution in [0.2, 0.25) is 0 Å². The van der Waals surface area contributed by atoms with E-state index in [9.17, 15) is 24.6 Å². The maximum Gasteiger partial charge on any atom is 0.433 e. The predicted octanol–water partition coefficient (Wildman–Crippen LogP) is -3.17. The van der Waals surface area contributed by atoms with Gasteiger partial charge in [0.1, 0.15) is 0 Å². The van der Waals surface area contributed by atoms with Gasteiger partial charge in [-0.15, -0.1) is 0 Å². The number of hydrogen-bond donors (Lipinski definition) is 0. The fourth-order valence-electron chi connectivity index (χ4n) is 0.137. The molecule has 0 aliphatic heterocycles. The molecule has 0 aromatic rings. The van der Waals surface area contributed by atoms with Gasteiger partial charge in [0.05, 0.1) is 0 Å². The number of rotatable bonds is 2. The van der Waals surface area contributed by atoms with E-state index in [0.717, 1.165) is 0 Å². The largest absolute Gasteiger partial charge is 1.00 e. The highest BCUT2D eigenvalue weighted by Gasteiger charge is 2.28. The Morgan fingerprint density at radius 1 is 0.900 bits per heavy atom. The van der Waals surface area contributed by atoms with Crippen LogP contribution in [0.25, 0.3) is 0 Å². The predicted molar refractivity (Wildman–Crippen MR) is 29.8 cm³/mol. The van der Waals surface area contributed by atoms with Crippen LogP contribution >= 0.6 is 6.98 Å². The lowest BCUT2D eigenvalue weighted by molar-refractivity contribution is -0.00000845. The van der Waals surface area contributed by atoms with Gasteiger partial charge in [-0.25, -0.2) is 0 Å². The summed E-state index contributed by atoms with van der Waals surface area (Å²) in [4.78, 5) is 0. The van der Waals surface area contributed by atoms with Gasteiger partial charge in [-0.2, -0.15) is 16.8 Å². The summed E-state index contributed by atoms with van der Waals surface area (Å²) in [6, 6.07) is 0. The van der Waals surface area contributed by atoms with Gasteiger partial charge in [0.25, 0.3) is 6.98 Å². The Balaban J connectivity index is 0. The molecule has 0 unspecified atom stereocenters. The summed E-state index contributed by atoms with van der Waals surface area (Å²) in [6.45, 7) is -2.82. The molecule has 0 aliphatic rings. The molecule has 0 aliphatic carbocycles. The summed E-state index contributed by atoms with van der Waals surface area (Å²) in [5.74, 6) is 0.